The molecule has 0 saturated carbocycles. The highest BCUT2D eigenvalue weighted by Gasteiger charge is 2.26. The molecule has 0 aromatic heterocycles. The lowest BCUT2D eigenvalue weighted by molar-refractivity contribution is 0.0266. The van der Waals surface area contributed by atoms with Gasteiger partial charge in [-0.05, 0) is 52.7 Å². The van der Waals surface area contributed by atoms with Gasteiger partial charge in [0.25, 0.3) is 10.0 Å². The highest BCUT2D eigenvalue weighted by atomic mass is 32.2. The number of ether oxygens (including phenoxy) is 1. The van der Waals surface area contributed by atoms with Crippen LogP contribution in [0.1, 0.15) is 39.2 Å². The minimum Gasteiger partial charge on any atom is -0.444 e. The summed E-state index contributed by atoms with van der Waals surface area (Å²) in [5.41, 5.74) is 1.01. The van der Waals surface area contributed by atoms with Gasteiger partial charge in [-0.1, -0.05) is 17.7 Å². The van der Waals surface area contributed by atoms with E-state index in [1.807, 2.05) is 6.92 Å². The summed E-state index contributed by atoms with van der Waals surface area (Å²) >= 11 is 0. The molecule has 0 atom stereocenters. The van der Waals surface area contributed by atoms with Gasteiger partial charge in [-0.25, -0.2) is 9.63 Å². The fourth-order valence-corrected chi connectivity index (χ4v) is 3.17. The molecule has 1 amide bonds. The molecule has 0 aliphatic carbocycles. The molecule has 1 N–H and O–H groups in total. The summed E-state index contributed by atoms with van der Waals surface area (Å²) < 4.78 is 29.9. The van der Waals surface area contributed by atoms with E-state index in [4.69, 9.17) is 4.74 Å². The van der Waals surface area contributed by atoms with Crippen LogP contribution < -0.4 is 4.83 Å². The average molecular weight is 367 g/mol. The Balaban J connectivity index is 2.03. The quantitative estimate of drug-likeness (QED) is 0.832. The monoisotopic (exact) mass is 367 g/mol. The molecule has 1 aromatic carbocycles. The molecule has 0 bridgehead atoms. The molecule has 138 valence electrons. The maximum atomic E-state index is 12.3. The molecule has 1 heterocycles. The first-order valence-electron chi connectivity index (χ1n) is 8.19. The number of nitrogens with zero attached hydrogens (tertiary/aromatic N) is 2. The molecule has 0 radical (unpaired) electrons. The number of nitrogens with one attached hydrogen (secondary N) is 1. The zero-order valence-corrected chi connectivity index (χ0v) is 15.9. The summed E-state index contributed by atoms with van der Waals surface area (Å²) in [5, 5.41) is 4.01. The molecule has 8 heteroatoms. The van der Waals surface area contributed by atoms with E-state index in [2.05, 4.69) is 9.93 Å². The summed E-state index contributed by atoms with van der Waals surface area (Å²) in [6.45, 7) is 8.12. The van der Waals surface area contributed by atoms with Gasteiger partial charge in [-0.2, -0.15) is 13.5 Å². The molecular formula is C17H25N3O4S. The molecule has 0 unspecified atom stereocenters. The molecule has 7 nitrogen and oxygen atoms in total. The number of carbonyl (C=O) groups is 1. The van der Waals surface area contributed by atoms with Gasteiger partial charge in [0.1, 0.15) is 5.60 Å². The van der Waals surface area contributed by atoms with Gasteiger partial charge in [0.2, 0.25) is 0 Å². The van der Waals surface area contributed by atoms with Crippen molar-refractivity contribution in [2.75, 3.05) is 13.1 Å². The standard InChI is InChI=1S/C17H25N3O4S/c1-13-7-9-15(10-8-13)25(22,23)19-18-14-6-5-11-20(12-14)16(21)24-17(2,3)4/h7-10,19H,5-6,11-12H2,1-4H3/b18-14-. The van der Waals surface area contributed by atoms with Gasteiger partial charge in [-0.3, -0.25) is 0 Å². The average Bonchev–Trinajstić information content (AvgIpc) is 2.52. The molecular weight excluding hydrogens is 342 g/mol. The van der Waals surface area contributed by atoms with Crippen LogP contribution in [0, 0.1) is 6.92 Å². The highest BCUT2D eigenvalue weighted by molar-refractivity contribution is 7.89. The minimum absolute atomic E-state index is 0.155. The Bertz CT molecular complexity index is 749. The second kappa shape index (κ2) is 7.43. The van der Waals surface area contributed by atoms with Crippen LogP contribution >= 0.6 is 0 Å². The van der Waals surface area contributed by atoms with Crippen LogP contribution in [0.25, 0.3) is 0 Å². The van der Waals surface area contributed by atoms with Gasteiger partial charge >= 0.3 is 6.09 Å². The third-order valence-electron chi connectivity index (χ3n) is 3.57. The van der Waals surface area contributed by atoms with Crippen LogP contribution in [0.15, 0.2) is 34.3 Å². The largest absolute Gasteiger partial charge is 0.444 e. The smallest absolute Gasteiger partial charge is 0.410 e. The number of rotatable bonds is 3. The number of likely N-dealkylation sites (tertiary alicyclic amines) is 1. The first kappa shape index (κ1) is 19.2. The van der Waals surface area contributed by atoms with Gasteiger partial charge < -0.3 is 9.64 Å². The fraction of sp³-hybridized carbons (Fsp3) is 0.529. The number of hydrogen-bond donors (Lipinski definition) is 1. The van der Waals surface area contributed by atoms with Crippen molar-refractivity contribution in [1.82, 2.24) is 9.73 Å². The van der Waals surface area contributed by atoms with Gasteiger partial charge in [0, 0.05) is 6.54 Å². The van der Waals surface area contributed by atoms with E-state index in [1.54, 1.807) is 32.9 Å². The molecule has 2 rings (SSSR count). The normalized spacial score (nSPS) is 17.4. The van der Waals surface area contributed by atoms with E-state index in [1.165, 1.54) is 17.0 Å². The molecule has 25 heavy (non-hydrogen) atoms. The second-order valence-corrected chi connectivity index (χ2v) is 8.75. The zero-order valence-electron chi connectivity index (χ0n) is 15.1. The van der Waals surface area contributed by atoms with Gasteiger partial charge in [0.05, 0.1) is 17.2 Å². The van der Waals surface area contributed by atoms with Crippen molar-refractivity contribution >= 4 is 21.8 Å². The highest BCUT2D eigenvalue weighted by Crippen LogP contribution is 2.15. The van der Waals surface area contributed by atoms with Crippen molar-refractivity contribution < 1.29 is 17.9 Å². The number of hydrazone groups is 1. The number of amides is 1. The van der Waals surface area contributed by atoms with Crippen molar-refractivity contribution in [3.63, 3.8) is 0 Å². The topological polar surface area (TPSA) is 88.1 Å². The Morgan fingerprint density at radius 3 is 2.48 bits per heavy atom. The molecule has 1 aromatic rings. The molecule has 1 saturated heterocycles. The van der Waals surface area contributed by atoms with E-state index in [9.17, 15) is 13.2 Å². The summed E-state index contributed by atoms with van der Waals surface area (Å²) in [4.78, 5) is 16.1. The van der Waals surface area contributed by atoms with Crippen LogP contribution in [-0.4, -0.2) is 43.8 Å². The summed E-state index contributed by atoms with van der Waals surface area (Å²) in [5.74, 6) is 0. The Morgan fingerprint density at radius 2 is 1.88 bits per heavy atom. The van der Waals surface area contributed by atoms with Crippen LogP contribution in [0.3, 0.4) is 0 Å². The lowest BCUT2D eigenvalue weighted by Crippen LogP contribution is -2.43. The van der Waals surface area contributed by atoms with E-state index in [-0.39, 0.29) is 11.4 Å². The maximum Gasteiger partial charge on any atom is 0.410 e. The van der Waals surface area contributed by atoms with Gasteiger partial charge in [-0.15, -0.1) is 0 Å². The Labute approximate surface area is 149 Å². The van der Waals surface area contributed by atoms with Crippen LogP contribution in [0.4, 0.5) is 4.79 Å². The first-order valence-corrected chi connectivity index (χ1v) is 9.67. The lowest BCUT2D eigenvalue weighted by Gasteiger charge is -2.30. The number of sulfonamides is 1. The number of hydrogen-bond acceptors (Lipinski definition) is 5. The number of benzene rings is 1. The lowest BCUT2D eigenvalue weighted by atomic mass is 10.1. The molecule has 1 aliphatic heterocycles. The van der Waals surface area contributed by atoms with Crippen LogP contribution in [-0.2, 0) is 14.8 Å². The molecule has 0 spiro atoms. The minimum atomic E-state index is -3.72. The Kier molecular flexibility index (Phi) is 5.72. The third-order valence-corrected chi connectivity index (χ3v) is 4.80. The summed E-state index contributed by atoms with van der Waals surface area (Å²) in [6, 6.07) is 6.52. The number of carbonyl (C=O) groups excluding carboxylic acids is 1. The SMILES string of the molecule is Cc1ccc(S(=O)(=O)N/N=C2/CCCN(C(=O)OC(C)(C)C)C2)cc1. The Morgan fingerprint density at radius 1 is 1.24 bits per heavy atom. The van der Waals surface area contributed by atoms with Crippen LogP contribution in [0.5, 0.6) is 0 Å². The maximum absolute atomic E-state index is 12.3. The van der Waals surface area contributed by atoms with E-state index < -0.39 is 21.7 Å². The van der Waals surface area contributed by atoms with Gasteiger partial charge in [0.15, 0.2) is 0 Å². The molecule has 1 fully saturated rings. The van der Waals surface area contributed by atoms with Crippen molar-refractivity contribution in [2.24, 2.45) is 5.10 Å². The molecule has 1 aliphatic rings. The van der Waals surface area contributed by atoms with E-state index >= 15 is 0 Å². The predicted molar refractivity (Wildman–Crippen MR) is 96.0 cm³/mol. The Hall–Kier alpha value is -2.09. The summed E-state index contributed by atoms with van der Waals surface area (Å²) in [7, 11) is -3.72. The van der Waals surface area contributed by atoms with Crippen molar-refractivity contribution in [1.29, 1.82) is 0 Å². The predicted octanol–water partition coefficient (Wildman–Crippen LogP) is 2.66. The van der Waals surface area contributed by atoms with E-state index in [0.29, 0.717) is 25.1 Å². The number of aryl methyl sites for hydroxylation is 1. The van der Waals surface area contributed by atoms with Crippen molar-refractivity contribution in [3.8, 4) is 0 Å². The number of piperidine rings is 1. The summed E-state index contributed by atoms with van der Waals surface area (Å²) in [6.07, 6.45) is 0.932. The first-order chi connectivity index (χ1) is 11.6. The fourth-order valence-electron chi connectivity index (χ4n) is 2.32. The van der Waals surface area contributed by atoms with Crippen molar-refractivity contribution in [2.45, 2.75) is 51.0 Å². The van der Waals surface area contributed by atoms with Crippen LogP contribution in [0.2, 0.25) is 0 Å². The second-order valence-electron chi connectivity index (χ2n) is 7.09. The van der Waals surface area contributed by atoms with Crippen molar-refractivity contribution in [3.05, 3.63) is 29.8 Å². The van der Waals surface area contributed by atoms with E-state index in [0.717, 1.165) is 5.56 Å². The zero-order chi connectivity index (χ0) is 18.7. The third kappa shape index (κ3) is 5.74.